The van der Waals surface area contributed by atoms with Crippen LogP contribution in [0.25, 0.3) is 0 Å². The summed E-state index contributed by atoms with van der Waals surface area (Å²) >= 11 is 0. The molecule has 14 heavy (non-hydrogen) atoms. The van der Waals surface area contributed by atoms with Crippen LogP contribution in [0.15, 0.2) is 0 Å². The van der Waals surface area contributed by atoms with E-state index in [4.69, 9.17) is 0 Å². The van der Waals surface area contributed by atoms with Crippen molar-refractivity contribution in [2.75, 3.05) is 6.54 Å². The second kappa shape index (κ2) is 6.05. The van der Waals surface area contributed by atoms with Crippen LogP contribution in [0.3, 0.4) is 0 Å². The molecule has 1 saturated heterocycles. The molecule has 1 amide bonds. The molecule has 1 atom stereocenters. The normalized spacial score (nSPS) is 27.4. The molecule has 0 aromatic heterocycles. The molecule has 1 rings (SSSR count). The van der Waals surface area contributed by atoms with Gasteiger partial charge < -0.3 is 5.32 Å². The van der Waals surface area contributed by atoms with E-state index in [1.54, 1.807) is 0 Å². The van der Waals surface area contributed by atoms with Crippen LogP contribution < -0.4 is 5.32 Å². The van der Waals surface area contributed by atoms with E-state index in [9.17, 15) is 4.79 Å². The van der Waals surface area contributed by atoms with E-state index in [0.717, 1.165) is 13.0 Å². The number of amides is 1. The minimum atomic E-state index is 0.222. The van der Waals surface area contributed by atoms with Gasteiger partial charge in [0, 0.05) is 13.0 Å². The Labute approximate surface area is 88.5 Å². The van der Waals surface area contributed by atoms with Gasteiger partial charge in [0.25, 0.3) is 0 Å². The Morgan fingerprint density at radius 3 is 2.43 bits per heavy atom. The van der Waals surface area contributed by atoms with Gasteiger partial charge in [-0.15, -0.1) is 0 Å². The molecule has 0 aromatic carbocycles. The fourth-order valence-electron chi connectivity index (χ4n) is 1.62. The van der Waals surface area contributed by atoms with Crippen molar-refractivity contribution in [3.8, 4) is 0 Å². The summed E-state index contributed by atoms with van der Waals surface area (Å²) in [5.41, 5.74) is 0.312. The highest BCUT2D eigenvalue weighted by Gasteiger charge is 2.30. The van der Waals surface area contributed by atoms with E-state index >= 15 is 0 Å². The lowest BCUT2D eigenvalue weighted by molar-refractivity contribution is -0.121. The summed E-state index contributed by atoms with van der Waals surface area (Å²) in [6, 6.07) is 0. The van der Waals surface area contributed by atoms with Crippen LogP contribution in [0.5, 0.6) is 0 Å². The van der Waals surface area contributed by atoms with Crippen LogP contribution in [0.1, 0.15) is 53.9 Å². The van der Waals surface area contributed by atoms with Crippen molar-refractivity contribution in [3.63, 3.8) is 0 Å². The largest absolute Gasteiger partial charge is 0.356 e. The molecule has 84 valence electrons. The van der Waals surface area contributed by atoms with Crippen LogP contribution in [-0.4, -0.2) is 12.5 Å². The molecule has 1 fully saturated rings. The van der Waals surface area contributed by atoms with E-state index < -0.39 is 0 Å². The van der Waals surface area contributed by atoms with Crippen LogP contribution in [-0.2, 0) is 4.79 Å². The summed E-state index contributed by atoms with van der Waals surface area (Å²) in [6.07, 6.45) is 2.92. The van der Waals surface area contributed by atoms with Gasteiger partial charge in [0.2, 0.25) is 5.91 Å². The molecule has 2 nitrogen and oxygen atoms in total. The molecular formula is C12H25NO. The van der Waals surface area contributed by atoms with E-state index in [2.05, 4.69) is 26.1 Å². The zero-order valence-corrected chi connectivity index (χ0v) is 10.3. The summed E-state index contributed by atoms with van der Waals surface area (Å²) in [7, 11) is 0. The quantitative estimate of drug-likeness (QED) is 0.691. The van der Waals surface area contributed by atoms with Gasteiger partial charge in [0.15, 0.2) is 0 Å². The van der Waals surface area contributed by atoms with Crippen LogP contribution >= 0.6 is 0 Å². The van der Waals surface area contributed by atoms with Crippen molar-refractivity contribution in [2.45, 2.75) is 53.9 Å². The van der Waals surface area contributed by atoms with Crippen molar-refractivity contribution in [1.82, 2.24) is 5.32 Å². The average Bonchev–Trinajstić information content (AvgIpc) is 2.33. The lowest BCUT2D eigenvalue weighted by atomic mass is 9.76. The van der Waals surface area contributed by atoms with E-state index in [0.29, 0.717) is 17.8 Å². The molecule has 0 spiro atoms. The number of nitrogens with one attached hydrogen (secondary N) is 1. The Morgan fingerprint density at radius 2 is 1.93 bits per heavy atom. The van der Waals surface area contributed by atoms with Gasteiger partial charge in [-0.05, 0) is 24.2 Å². The molecule has 1 N–H and O–H groups in total. The molecule has 0 radical (unpaired) electrons. The zero-order valence-electron chi connectivity index (χ0n) is 10.3. The maximum absolute atomic E-state index is 11.1. The molecule has 1 aliphatic rings. The maximum Gasteiger partial charge on any atom is 0.220 e. The first-order chi connectivity index (χ1) is 6.54. The molecule has 0 saturated carbocycles. The van der Waals surface area contributed by atoms with E-state index in [-0.39, 0.29) is 5.91 Å². The minimum absolute atomic E-state index is 0.222. The smallest absolute Gasteiger partial charge is 0.220 e. The third kappa shape index (κ3) is 3.69. The van der Waals surface area contributed by atoms with Gasteiger partial charge in [0.05, 0.1) is 0 Å². The first-order valence-corrected chi connectivity index (χ1v) is 5.81. The van der Waals surface area contributed by atoms with Gasteiger partial charge >= 0.3 is 0 Å². The van der Waals surface area contributed by atoms with Crippen molar-refractivity contribution in [2.24, 2.45) is 11.3 Å². The Bertz CT molecular complexity index is 177. The van der Waals surface area contributed by atoms with Crippen molar-refractivity contribution < 1.29 is 4.79 Å². The predicted molar refractivity (Wildman–Crippen MR) is 61.2 cm³/mol. The minimum Gasteiger partial charge on any atom is -0.356 e. The standard InChI is InChI=1S/C10H19NO.C2H6/c1-8(2)10(3)6-4-5-9(12)11-7-10;1-2/h8H,4-7H2,1-3H3,(H,11,12);1-2H3. The third-order valence-electron chi connectivity index (χ3n) is 3.23. The first-order valence-electron chi connectivity index (χ1n) is 5.81. The van der Waals surface area contributed by atoms with Gasteiger partial charge in [-0.1, -0.05) is 34.6 Å². The van der Waals surface area contributed by atoms with Crippen LogP contribution in [0.4, 0.5) is 0 Å². The number of hydrogen-bond acceptors (Lipinski definition) is 1. The van der Waals surface area contributed by atoms with Crippen LogP contribution in [0, 0.1) is 11.3 Å². The van der Waals surface area contributed by atoms with Gasteiger partial charge in [-0.2, -0.15) is 0 Å². The van der Waals surface area contributed by atoms with Gasteiger partial charge in [0.1, 0.15) is 0 Å². The topological polar surface area (TPSA) is 29.1 Å². The summed E-state index contributed by atoms with van der Waals surface area (Å²) in [5.74, 6) is 0.871. The van der Waals surface area contributed by atoms with Gasteiger partial charge in [-0.3, -0.25) is 4.79 Å². The number of carbonyl (C=O) groups excluding carboxylic acids is 1. The molecule has 1 heterocycles. The molecule has 2 heteroatoms. The summed E-state index contributed by atoms with van der Waals surface area (Å²) in [6.45, 7) is 11.6. The highest BCUT2D eigenvalue weighted by Crippen LogP contribution is 2.33. The maximum atomic E-state index is 11.1. The van der Waals surface area contributed by atoms with Crippen molar-refractivity contribution in [1.29, 1.82) is 0 Å². The lowest BCUT2D eigenvalue weighted by Gasteiger charge is -2.32. The molecule has 1 aliphatic heterocycles. The first kappa shape index (κ1) is 13.5. The fourth-order valence-corrected chi connectivity index (χ4v) is 1.62. The predicted octanol–water partition coefficient (Wildman–Crippen LogP) is 2.98. The van der Waals surface area contributed by atoms with Gasteiger partial charge in [-0.25, -0.2) is 0 Å². The summed E-state index contributed by atoms with van der Waals surface area (Å²) < 4.78 is 0. The summed E-state index contributed by atoms with van der Waals surface area (Å²) in [5, 5.41) is 2.98. The highest BCUT2D eigenvalue weighted by atomic mass is 16.1. The Hall–Kier alpha value is -0.530. The number of carbonyl (C=O) groups is 1. The fraction of sp³-hybridized carbons (Fsp3) is 0.917. The molecule has 0 aliphatic carbocycles. The molecular weight excluding hydrogens is 174 g/mol. The molecule has 0 aromatic rings. The highest BCUT2D eigenvalue weighted by molar-refractivity contribution is 5.76. The monoisotopic (exact) mass is 199 g/mol. The SMILES string of the molecule is CC.CC(C)C1(C)CCCC(=O)NC1. The second-order valence-corrected chi connectivity index (χ2v) is 4.44. The van der Waals surface area contributed by atoms with Crippen LogP contribution in [0.2, 0.25) is 0 Å². The third-order valence-corrected chi connectivity index (χ3v) is 3.23. The lowest BCUT2D eigenvalue weighted by Crippen LogP contribution is -2.36. The Morgan fingerprint density at radius 1 is 1.36 bits per heavy atom. The van der Waals surface area contributed by atoms with E-state index in [1.165, 1.54) is 6.42 Å². The second-order valence-electron chi connectivity index (χ2n) is 4.44. The Kier molecular flexibility index (Phi) is 5.82. The van der Waals surface area contributed by atoms with Crippen molar-refractivity contribution in [3.05, 3.63) is 0 Å². The summed E-state index contributed by atoms with van der Waals surface area (Å²) in [4.78, 5) is 11.1. The number of rotatable bonds is 1. The zero-order chi connectivity index (χ0) is 11.2. The molecule has 0 bridgehead atoms. The molecule has 1 unspecified atom stereocenters. The Balaban J connectivity index is 0.000000791. The van der Waals surface area contributed by atoms with E-state index in [1.807, 2.05) is 13.8 Å². The number of hydrogen-bond donors (Lipinski definition) is 1. The average molecular weight is 199 g/mol. The van der Waals surface area contributed by atoms with Crippen molar-refractivity contribution >= 4 is 5.91 Å².